The number of H-pyrrole nitrogens is 3. The van der Waals surface area contributed by atoms with Crippen molar-refractivity contribution in [2.24, 2.45) is 30.2 Å². The van der Waals surface area contributed by atoms with Crippen molar-refractivity contribution < 1.29 is 184 Å². The van der Waals surface area contributed by atoms with Crippen LogP contribution in [0.1, 0.15) is 6.92 Å². The van der Waals surface area contributed by atoms with Crippen molar-refractivity contribution in [1.82, 2.24) is 15.0 Å². The maximum absolute atomic E-state index is 12.5. The van der Waals surface area contributed by atoms with E-state index < -0.39 is 92.5 Å². The maximum Gasteiger partial charge on any atom is 1.00 e. The summed E-state index contributed by atoms with van der Waals surface area (Å²) in [6.45, 7) is 4.35. The van der Waals surface area contributed by atoms with Gasteiger partial charge in [-0.2, -0.15) is 13.5 Å². The molecule has 0 saturated carbocycles. The Kier molecular flexibility index (Phi) is 21.7. The van der Waals surface area contributed by atoms with Crippen LogP contribution in [-0.4, -0.2) is 81.1 Å². The van der Waals surface area contributed by atoms with E-state index in [1.165, 1.54) is 36.4 Å². The van der Waals surface area contributed by atoms with Gasteiger partial charge in [0.15, 0.2) is 9.84 Å². The first-order valence-corrected chi connectivity index (χ1v) is 24.3. The molecule has 0 aliphatic heterocycles. The zero-order chi connectivity index (χ0) is 47.0. The van der Waals surface area contributed by atoms with Crippen LogP contribution >= 0.6 is 0 Å². The van der Waals surface area contributed by atoms with Crippen LogP contribution in [0.4, 0.5) is 34.1 Å². The third kappa shape index (κ3) is 15.6. The second kappa shape index (κ2) is 24.1. The molecule has 6 rings (SSSR count). The molecule has 4 N–H and O–H groups in total. The number of aliphatic imine (C=N–C) groups is 1. The van der Waals surface area contributed by atoms with Crippen LogP contribution in [0, 0.1) is 0 Å². The van der Waals surface area contributed by atoms with E-state index in [1.807, 2.05) is 0 Å². The number of rotatable bonds is 12. The van der Waals surface area contributed by atoms with Crippen molar-refractivity contribution >= 4 is 101 Å². The molecule has 0 atom stereocenters. The van der Waals surface area contributed by atoms with Crippen molar-refractivity contribution in [2.45, 2.75) is 31.4 Å². The predicted octanol–water partition coefficient (Wildman–Crippen LogP) is -9.76. The standard InChI is InChI=1S/C35H29N9O15S5.4Na/c1-3-60(46,47)23-7-4-6-20(14-23)37-33-40-34(42-35(41-33)39-29-18-24(61(48,49)50)11-13-31(29)63(54,55)56)38-21-10-12-27(28(16-21)36-19(2)45)44-43-22-15-26-25(32(17-22)64(57,58)59)8-5-9-30(26)62(51,52)53;;;;/h3-18H,1H2,2H3,(H,36,45)(H,48,49,50)(H,51,52,53)(H,54,55,56)(H,57,58,59)(H3,37,38,39,40,41,42);;;;/q;4*+1/p-4. The number of hydrogen-bond donors (Lipinski definition) is 4. The molecule has 1 aromatic heterocycles. The molecule has 0 fully saturated rings. The van der Waals surface area contributed by atoms with Gasteiger partial charge in [0, 0.05) is 16.2 Å². The Hall–Kier alpha value is -2.83. The monoisotopic (exact) mass is 1060 g/mol. The molecule has 6 aromatic rings. The second-order valence-corrected chi connectivity index (χ2v) is 20.1. The van der Waals surface area contributed by atoms with Crippen molar-refractivity contribution in [2.75, 3.05) is 0 Å². The largest absolute Gasteiger partial charge is 1.00 e. The van der Waals surface area contributed by atoms with Crippen LogP contribution in [0.25, 0.3) is 10.8 Å². The molecule has 24 nitrogen and oxygen atoms in total. The molecular formula is C35H25N9Na4O15S5. The van der Waals surface area contributed by atoms with Gasteiger partial charge in [-0.1, -0.05) is 24.8 Å². The second-order valence-electron chi connectivity index (χ2n) is 12.7. The van der Waals surface area contributed by atoms with E-state index in [-0.39, 0.29) is 168 Å². The fraction of sp³-hybridized carbons (Fsp3) is 0.0286. The van der Waals surface area contributed by atoms with Gasteiger partial charge in [0.25, 0.3) is 10.1 Å². The minimum absolute atomic E-state index is 0. The molecule has 68 heavy (non-hydrogen) atoms. The number of nitrogens with zero attached hydrogens (tertiary/aromatic N) is 6. The van der Waals surface area contributed by atoms with E-state index in [1.54, 1.807) is 0 Å². The Bertz CT molecular complexity index is 3820. The number of aromatic amines is 3. The molecule has 5 aromatic carbocycles. The van der Waals surface area contributed by atoms with Crippen LogP contribution in [-0.2, 0) is 50.3 Å². The van der Waals surface area contributed by atoms with Crippen molar-refractivity contribution in [3.63, 3.8) is 0 Å². The number of benzene rings is 5. The number of hydrogen-bond acceptors (Lipinski definition) is 20. The summed E-state index contributed by atoms with van der Waals surface area (Å²) in [6, 6.07) is 15.5. The van der Waals surface area contributed by atoms with Gasteiger partial charge >= 0.3 is 118 Å². The molecule has 0 unspecified atom stereocenters. The van der Waals surface area contributed by atoms with Crippen molar-refractivity contribution in [3.8, 4) is 0 Å². The zero-order valence-corrected chi connectivity index (χ0v) is 47.9. The number of sulfone groups is 1. The van der Waals surface area contributed by atoms with Gasteiger partial charge in [0.1, 0.15) is 40.9 Å². The van der Waals surface area contributed by atoms with Gasteiger partial charge in [0.2, 0.25) is 16.9 Å². The van der Waals surface area contributed by atoms with Crippen LogP contribution in [0.3, 0.4) is 0 Å². The summed E-state index contributed by atoms with van der Waals surface area (Å²) in [7, 11) is -24.7. The Balaban J connectivity index is 0.00000397. The van der Waals surface area contributed by atoms with Crippen molar-refractivity contribution in [1.29, 1.82) is 0 Å². The summed E-state index contributed by atoms with van der Waals surface area (Å²) in [4.78, 5) is 20.6. The number of aromatic nitrogens is 3. The molecular weight excluding hydrogens is 1040 g/mol. The van der Waals surface area contributed by atoms with Crippen LogP contribution in [0.15, 0.2) is 158 Å². The number of nitrogens with one attached hydrogen (secondary N) is 3. The molecule has 0 bridgehead atoms. The molecule has 0 amide bonds. The first-order valence-electron chi connectivity index (χ1n) is 17.1. The Morgan fingerprint density at radius 2 is 1.12 bits per heavy atom. The van der Waals surface area contributed by atoms with Gasteiger partial charge in [-0.3, -0.25) is 24.5 Å². The Morgan fingerprint density at radius 3 is 1.66 bits per heavy atom. The first-order chi connectivity index (χ1) is 29.7. The Labute approximate surface area is 474 Å². The van der Waals surface area contributed by atoms with Crippen molar-refractivity contribution in [3.05, 3.63) is 120 Å². The average molecular weight is 1060 g/mol. The van der Waals surface area contributed by atoms with Gasteiger partial charge < -0.3 is 18.8 Å². The van der Waals surface area contributed by atoms with E-state index in [4.69, 9.17) is 0 Å². The van der Waals surface area contributed by atoms with Gasteiger partial charge in [-0.25, -0.2) is 48.6 Å². The zero-order valence-electron chi connectivity index (χ0n) is 35.8. The van der Waals surface area contributed by atoms with E-state index in [0.717, 1.165) is 43.3 Å². The van der Waals surface area contributed by atoms with E-state index in [9.17, 15) is 65.4 Å². The molecule has 0 radical (unpaired) electrons. The summed E-state index contributed by atoms with van der Waals surface area (Å²) in [5.74, 6) is -0.764. The fourth-order valence-corrected chi connectivity index (χ4v) is 8.83. The van der Waals surface area contributed by atoms with Crippen LogP contribution in [0.2, 0.25) is 0 Å². The number of azo groups is 1. The van der Waals surface area contributed by atoms with E-state index >= 15 is 0 Å². The minimum Gasteiger partial charge on any atom is -0.862 e. The molecule has 33 heteroatoms. The molecule has 334 valence electrons. The van der Waals surface area contributed by atoms with Gasteiger partial charge in [-0.05, 0) is 85.6 Å². The molecule has 0 spiro atoms. The summed E-state index contributed by atoms with van der Waals surface area (Å²) < 4.78 is 167. The Morgan fingerprint density at radius 1 is 0.544 bits per heavy atom. The van der Waals surface area contributed by atoms with E-state index in [2.05, 4.69) is 51.7 Å². The number of fused-ring (bicyclic) bond motifs is 1. The van der Waals surface area contributed by atoms with Crippen LogP contribution < -0.4 is 140 Å². The first kappa shape index (κ1) is 61.3. The SMILES string of the molecule is C=CS(=O)(=O)c1cccc(N=c2[nH]c(=Nc3ccc(N=Nc4cc(S(=O)(=O)O)c5cccc(S(=O)(=O)[O-])c5c4)c(N=C(C)[O-])c3)[nH]c(=Nc3cc(S(=O)(=O)[O-])ccc3S(=O)(=O)[O-])[nH]2)c1.[Na+].[Na+].[Na+].[Na+]. The summed E-state index contributed by atoms with van der Waals surface area (Å²) in [5.41, 5.74) is -2.71. The molecule has 0 saturated heterocycles. The average Bonchev–Trinajstić information content (AvgIpc) is 3.18. The quantitative estimate of drug-likeness (QED) is 0.0291. The summed E-state index contributed by atoms with van der Waals surface area (Å²) >= 11 is 0. The summed E-state index contributed by atoms with van der Waals surface area (Å²) in [5, 5.41) is 20.1. The van der Waals surface area contributed by atoms with E-state index in [0.29, 0.717) is 23.6 Å². The predicted molar refractivity (Wildman–Crippen MR) is 216 cm³/mol. The summed E-state index contributed by atoms with van der Waals surface area (Å²) in [6.07, 6.45) is 0. The van der Waals surface area contributed by atoms with Crippen LogP contribution in [0.5, 0.6) is 0 Å². The molecule has 1 heterocycles. The minimum atomic E-state index is -5.34. The topological polar surface area (TPSA) is 405 Å². The molecule has 0 aliphatic carbocycles. The maximum atomic E-state index is 12.5. The molecule has 0 aliphatic rings. The third-order valence-electron chi connectivity index (χ3n) is 8.24. The van der Waals surface area contributed by atoms with Gasteiger partial charge in [-0.15, -0.1) is 5.11 Å². The fourth-order valence-electron chi connectivity index (χ4n) is 5.59. The smallest absolute Gasteiger partial charge is 0.862 e. The third-order valence-corrected chi connectivity index (χ3v) is 13.1. The van der Waals surface area contributed by atoms with Gasteiger partial charge in [0.05, 0.1) is 48.0 Å². The normalized spacial score (nSPS) is 13.3.